The third kappa shape index (κ3) is 4.93. The van der Waals surface area contributed by atoms with Crippen molar-refractivity contribution in [2.75, 3.05) is 32.2 Å². The van der Waals surface area contributed by atoms with E-state index >= 15 is 0 Å². The van der Waals surface area contributed by atoms with Gasteiger partial charge in [-0.05, 0) is 11.6 Å². The first kappa shape index (κ1) is 24.1. The van der Waals surface area contributed by atoms with Crippen molar-refractivity contribution in [3.8, 4) is 0 Å². The number of β-lactam (4-membered cyclic amide) rings is 1. The number of nitrogens with zero attached hydrogens (tertiary/aromatic N) is 4. The molecule has 1 aromatic heterocycles. The van der Waals surface area contributed by atoms with Gasteiger partial charge in [0, 0.05) is 25.2 Å². The molecule has 5 N–H and O–H groups in total. The predicted octanol–water partition coefficient (Wildman–Crippen LogP) is -0.103. The van der Waals surface area contributed by atoms with Crippen molar-refractivity contribution >= 4 is 57.8 Å². The Balaban J connectivity index is 1.71. The van der Waals surface area contributed by atoms with E-state index in [1.807, 2.05) is 0 Å². The van der Waals surface area contributed by atoms with Gasteiger partial charge in [-0.2, -0.15) is 0 Å². The van der Waals surface area contributed by atoms with Crippen LogP contribution in [0.25, 0.3) is 0 Å². The number of allylic oxidation sites excluding steroid dienone is 1. The first-order chi connectivity index (χ1) is 15.6. The number of nitrogens with one attached hydrogen (secondary N) is 1. The summed E-state index contributed by atoms with van der Waals surface area (Å²) in [6.07, 6.45) is 2.42. The smallest absolute Gasteiger partial charge is 0.409 e. The van der Waals surface area contributed by atoms with E-state index in [1.165, 1.54) is 48.3 Å². The molecule has 1 aromatic rings. The Hall–Kier alpha value is -3.59. The van der Waals surface area contributed by atoms with Crippen molar-refractivity contribution < 1.29 is 34.2 Å². The van der Waals surface area contributed by atoms with Gasteiger partial charge >= 0.3 is 12.1 Å². The second-order valence-corrected chi connectivity index (χ2v) is 8.93. The fraction of sp³-hybridized carbons (Fsp3) is 0.333. The lowest BCUT2D eigenvalue weighted by molar-refractivity contribution is -0.150. The molecule has 2 atom stereocenters. The molecule has 13 nitrogen and oxygen atoms in total. The van der Waals surface area contributed by atoms with Gasteiger partial charge in [0.25, 0.3) is 11.8 Å². The number of nitrogens with two attached hydrogens (primary N) is 1. The van der Waals surface area contributed by atoms with Crippen LogP contribution in [0.2, 0.25) is 0 Å². The molecule has 15 heteroatoms. The number of carboxylic acids is 1. The Kier molecular flexibility index (Phi) is 7.23. The number of oxime groups is 1. The number of aromatic nitrogens is 1. The highest BCUT2D eigenvalue weighted by Gasteiger charge is 2.54. The molecule has 0 spiro atoms. The zero-order valence-electron chi connectivity index (χ0n) is 17.4. The van der Waals surface area contributed by atoms with E-state index in [9.17, 15) is 29.5 Å². The summed E-state index contributed by atoms with van der Waals surface area (Å²) in [6.45, 7) is -0.0709. The number of thioether (sulfide) groups is 1. The molecule has 2 aliphatic rings. The summed E-state index contributed by atoms with van der Waals surface area (Å²) < 4.78 is 4.96. The lowest BCUT2D eigenvalue weighted by Crippen LogP contribution is -2.71. The summed E-state index contributed by atoms with van der Waals surface area (Å²) in [5, 5.41) is 25.2. The Labute approximate surface area is 195 Å². The van der Waals surface area contributed by atoms with Crippen molar-refractivity contribution in [1.29, 1.82) is 0 Å². The first-order valence-corrected chi connectivity index (χ1v) is 11.2. The normalized spacial score (nSPS) is 20.4. The van der Waals surface area contributed by atoms with Gasteiger partial charge in [-0.25, -0.2) is 14.6 Å². The Morgan fingerprint density at radius 1 is 1.45 bits per heavy atom. The lowest BCUT2D eigenvalue weighted by Gasteiger charge is -2.49. The highest BCUT2D eigenvalue weighted by molar-refractivity contribution is 8.00. The molecule has 2 aliphatic heterocycles. The average Bonchev–Trinajstić information content (AvgIpc) is 3.20. The van der Waals surface area contributed by atoms with E-state index in [1.54, 1.807) is 0 Å². The number of hydrogen-bond acceptors (Lipinski definition) is 11. The van der Waals surface area contributed by atoms with Crippen molar-refractivity contribution in [2.24, 2.45) is 5.16 Å². The highest BCUT2D eigenvalue weighted by atomic mass is 32.2. The van der Waals surface area contributed by atoms with E-state index < -0.39 is 41.0 Å². The molecular formula is C18H20N6O7S2. The number of carbonyl (C=O) groups is 4. The Bertz CT molecular complexity index is 1080. The van der Waals surface area contributed by atoms with Gasteiger partial charge in [-0.15, -0.1) is 23.1 Å². The second-order valence-electron chi connectivity index (χ2n) is 6.93. The van der Waals surface area contributed by atoms with Gasteiger partial charge in [0.1, 0.15) is 29.4 Å². The van der Waals surface area contributed by atoms with E-state index in [-0.39, 0.29) is 28.9 Å². The Morgan fingerprint density at radius 2 is 2.18 bits per heavy atom. The number of amides is 3. The van der Waals surface area contributed by atoms with E-state index in [0.717, 1.165) is 16.2 Å². The molecule has 3 heterocycles. The number of ether oxygens (including phenoxy) is 1. The molecule has 1 fully saturated rings. The number of rotatable bonds is 7. The predicted molar refractivity (Wildman–Crippen MR) is 119 cm³/mol. The molecule has 0 aliphatic carbocycles. The van der Waals surface area contributed by atoms with Gasteiger partial charge in [-0.3, -0.25) is 14.5 Å². The van der Waals surface area contributed by atoms with E-state index in [2.05, 4.69) is 15.5 Å². The summed E-state index contributed by atoms with van der Waals surface area (Å²) in [7, 11) is 3.06. The fourth-order valence-corrected chi connectivity index (χ4v) is 4.90. The van der Waals surface area contributed by atoms with Gasteiger partial charge < -0.3 is 31.0 Å². The molecule has 0 saturated carbocycles. The third-order valence-corrected chi connectivity index (χ3v) is 6.53. The topological polar surface area (TPSA) is 188 Å². The van der Waals surface area contributed by atoms with Crippen molar-refractivity contribution in [2.45, 2.75) is 11.4 Å². The maximum absolute atomic E-state index is 12.7. The number of fused-ring (bicyclic) bond motifs is 1. The van der Waals surface area contributed by atoms with Crippen molar-refractivity contribution in [3.05, 3.63) is 34.5 Å². The summed E-state index contributed by atoms with van der Waals surface area (Å²) in [5.41, 5.74) is 5.30. The molecule has 0 aromatic carbocycles. The van der Waals surface area contributed by atoms with Gasteiger partial charge in [0.2, 0.25) is 0 Å². The summed E-state index contributed by atoms with van der Waals surface area (Å²) in [5.74, 6) is -2.54. The summed E-state index contributed by atoms with van der Waals surface area (Å²) in [4.78, 5) is 54.7. The molecule has 3 rings (SSSR count). The number of carbonyl (C=O) groups excluding carboxylic acids is 3. The van der Waals surface area contributed by atoms with Crippen LogP contribution in [-0.2, 0) is 19.1 Å². The van der Waals surface area contributed by atoms with Crippen LogP contribution in [0.4, 0.5) is 9.93 Å². The van der Waals surface area contributed by atoms with Gasteiger partial charge in [-0.1, -0.05) is 11.2 Å². The SMILES string of the molecule is CN(C)C(=O)OC/C=C\C1=C(C(=O)O)N2C(=O)[C@@H](NC(=O)/C(=N/O)c3csc(N)n3)[C@H]2SC1. The molecule has 33 heavy (non-hydrogen) atoms. The van der Waals surface area contributed by atoms with Crippen LogP contribution in [0.5, 0.6) is 0 Å². The minimum absolute atomic E-state index is 0.0472. The van der Waals surface area contributed by atoms with E-state index in [0.29, 0.717) is 5.57 Å². The van der Waals surface area contributed by atoms with Crippen LogP contribution in [0.3, 0.4) is 0 Å². The first-order valence-electron chi connectivity index (χ1n) is 9.31. The van der Waals surface area contributed by atoms with Gasteiger partial charge in [0.15, 0.2) is 10.8 Å². The number of thiazole rings is 1. The maximum Gasteiger partial charge on any atom is 0.409 e. The number of hydrogen-bond donors (Lipinski definition) is 4. The molecule has 3 amide bonds. The monoisotopic (exact) mass is 496 g/mol. The van der Waals surface area contributed by atoms with Gasteiger partial charge in [0.05, 0.1) is 0 Å². The summed E-state index contributed by atoms with van der Waals surface area (Å²) >= 11 is 2.30. The highest BCUT2D eigenvalue weighted by Crippen LogP contribution is 2.40. The molecule has 1 saturated heterocycles. The zero-order valence-corrected chi connectivity index (χ0v) is 19.1. The molecule has 176 valence electrons. The van der Waals surface area contributed by atoms with Crippen LogP contribution in [-0.4, -0.2) is 92.6 Å². The third-order valence-electron chi connectivity index (χ3n) is 4.55. The quantitative estimate of drug-likeness (QED) is 0.172. The van der Waals surface area contributed by atoms with Crippen LogP contribution in [0.15, 0.2) is 34.0 Å². The van der Waals surface area contributed by atoms with Crippen LogP contribution < -0.4 is 11.1 Å². The fourth-order valence-electron chi connectivity index (χ4n) is 3.03. The number of nitrogen functional groups attached to an aromatic ring is 1. The molecule has 0 unspecified atom stereocenters. The molecular weight excluding hydrogens is 476 g/mol. The van der Waals surface area contributed by atoms with E-state index in [4.69, 9.17) is 10.5 Å². The summed E-state index contributed by atoms with van der Waals surface area (Å²) in [6, 6.07) is -1.02. The van der Waals surface area contributed by atoms with Crippen molar-refractivity contribution in [3.63, 3.8) is 0 Å². The van der Waals surface area contributed by atoms with Crippen LogP contribution in [0, 0.1) is 0 Å². The Morgan fingerprint density at radius 3 is 2.76 bits per heavy atom. The second kappa shape index (κ2) is 9.91. The number of anilines is 1. The zero-order chi connectivity index (χ0) is 24.3. The van der Waals surface area contributed by atoms with Crippen LogP contribution in [0.1, 0.15) is 5.69 Å². The molecule has 0 radical (unpaired) electrons. The number of aliphatic carboxylic acids is 1. The minimum Gasteiger partial charge on any atom is -0.477 e. The largest absolute Gasteiger partial charge is 0.477 e. The van der Waals surface area contributed by atoms with Crippen molar-refractivity contribution in [1.82, 2.24) is 20.1 Å². The standard InChI is InChI=1S/C18H20N6O7S2/c1-23(2)18(29)31-5-3-4-8-6-32-15-11(14(26)24(15)12(8)16(27)28)21-13(25)10(22-30)9-7-33-17(19)20-9/h3-4,7,11,15,30H,5-6H2,1-2H3,(H2,19,20)(H,21,25)(H,27,28)/b4-3-,22-10+/t11-,15-/m1/s1. The number of carboxylic acid groups (broad SMARTS) is 1. The molecule has 0 bridgehead atoms. The maximum atomic E-state index is 12.7. The average molecular weight is 497 g/mol. The van der Waals surface area contributed by atoms with Crippen LogP contribution >= 0.6 is 23.1 Å². The lowest BCUT2D eigenvalue weighted by atomic mass is 10.0. The minimum atomic E-state index is -1.31.